The number of methoxy groups -OCH3 is 1. The molecule has 78 valence electrons. The molecule has 0 aliphatic rings. The van der Waals surface area contributed by atoms with Gasteiger partial charge < -0.3 is 15.4 Å². The van der Waals surface area contributed by atoms with Crippen molar-refractivity contribution in [3.63, 3.8) is 0 Å². The average molecular weight is 217 g/mol. The maximum absolute atomic E-state index is 5.88. The van der Waals surface area contributed by atoms with Crippen LogP contribution in [0.2, 0.25) is 5.02 Å². The van der Waals surface area contributed by atoms with Gasteiger partial charge in [-0.25, -0.2) is 4.98 Å². The van der Waals surface area contributed by atoms with Crippen LogP contribution in [0.3, 0.4) is 0 Å². The predicted molar refractivity (Wildman–Crippen MR) is 57.0 cm³/mol. The van der Waals surface area contributed by atoms with Crippen molar-refractivity contribution in [1.82, 2.24) is 9.97 Å². The Hall–Kier alpha value is -1.07. The van der Waals surface area contributed by atoms with Crippen molar-refractivity contribution in [1.29, 1.82) is 0 Å². The van der Waals surface area contributed by atoms with Gasteiger partial charge in [-0.1, -0.05) is 11.6 Å². The van der Waals surface area contributed by atoms with E-state index in [1.807, 2.05) is 0 Å². The number of anilines is 2. The number of hydrogen-bond acceptors (Lipinski definition) is 5. The molecule has 6 heteroatoms. The molecule has 0 radical (unpaired) electrons. The molecule has 0 saturated carbocycles. The van der Waals surface area contributed by atoms with Gasteiger partial charge in [-0.05, 0) is 0 Å². The summed E-state index contributed by atoms with van der Waals surface area (Å²) in [5.41, 5.74) is 0. The van der Waals surface area contributed by atoms with E-state index < -0.39 is 0 Å². The zero-order valence-corrected chi connectivity index (χ0v) is 8.93. The Morgan fingerprint density at radius 2 is 2.36 bits per heavy atom. The number of aromatic nitrogens is 2. The van der Waals surface area contributed by atoms with E-state index in [1.54, 1.807) is 20.4 Å². The van der Waals surface area contributed by atoms with E-state index in [0.717, 1.165) is 0 Å². The van der Waals surface area contributed by atoms with Crippen molar-refractivity contribution in [3.8, 4) is 0 Å². The molecule has 0 saturated heterocycles. The van der Waals surface area contributed by atoms with E-state index in [9.17, 15) is 0 Å². The fourth-order valence-electron chi connectivity index (χ4n) is 0.883. The van der Waals surface area contributed by atoms with Crippen LogP contribution in [0.1, 0.15) is 0 Å². The Morgan fingerprint density at radius 1 is 1.57 bits per heavy atom. The van der Waals surface area contributed by atoms with E-state index in [-0.39, 0.29) is 0 Å². The van der Waals surface area contributed by atoms with Gasteiger partial charge >= 0.3 is 0 Å². The van der Waals surface area contributed by atoms with Crippen molar-refractivity contribution in [2.75, 3.05) is 37.9 Å². The largest absolute Gasteiger partial charge is 0.383 e. The summed E-state index contributed by atoms with van der Waals surface area (Å²) in [6.07, 6.45) is 1.55. The smallest absolute Gasteiger partial charge is 0.224 e. The zero-order chi connectivity index (χ0) is 10.4. The molecule has 0 amide bonds. The Bertz CT molecular complexity index is 295. The molecule has 0 spiro atoms. The second-order valence-corrected chi connectivity index (χ2v) is 2.97. The molecule has 0 aliphatic heterocycles. The molecule has 0 fully saturated rings. The van der Waals surface area contributed by atoms with Crippen molar-refractivity contribution in [2.24, 2.45) is 0 Å². The zero-order valence-electron chi connectivity index (χ0n) is 8.17. The number of ether oxygens (including phenoxy) is 1. The first-order chi connectivity index (χ1) is 6.77. The molecule has 1 rings (SSSR count). The molecule has 2 N–H and O–H groups in total. The summed E-state index contributed by atoms with van der Waals surface area (Å²) in [6.45, 7) is 1.27. The SMILES string of the molecule is CNc1ncc(Cl)c(NCCOC)n1. The van der Waals surface area contributed by atoms with Crippen molar-refractivity contribution in [3.05, 3.63) is 11.2 Å². The van der Waals surface area contributed by atoms with Gasteiger partial charge in [0.2, 0.25) is 5.95 Å². The number of halogens is 1. The lowest BCUT2D eigenvalue weighted by molar-refractivity contribution is 0.210. The highest BCUT2D eigenvalue weighted by Gasteiger charge is 2.02. The molecule has 0 atom stereocenters. The molecule has 0 aromatic carbocycles. The van der Waals surface area contributed by atoms with Gasteiger partial charge in [-0.3, -0.25) is 0 Å². The van der Waals surface area contributed by atoms with E-state index >= 15 is 0 Å². The van der Waals surface area contributed by atoms with Crippen LogP contribution in [-0.2, 0) is 4.74 Å². The van der Waals surface area contributed by atoms with Crippen LogP contribution in [0.5, 0.6) is 0 Å². The highest BCUT2D eigenvalue weighted by Crippen LogP contribution is 2.18. The lowest BCUT2D eigenvalue weighted by Gasteiger charge is -2.07. The molecule has 0 aliphatic carbocycles. The van der Waals surface area contributed by atoms with Gasteiger partial charge in [0.05, 0.1) is 12.8 Å². The van der Waals surface area contributed by atoms with Crippen molar-refractivity contribution in [2.45, 2.75) is 0 Å². The lowest BCUT2D eigenvalue weighted by Crippen LogP contribution is -2.10. The van der Waals surface area contributed by atoms with Gasteiger partial charge in [0.25, 0.3) is 0 Å². The average Bonchev–Trinajstić information content (AvgIpc) is 2.21. The first kappa shape index (κ1) is 11.0. The summed E-state index contributed by atoms with van der Waals surface area (Å²) in [6, 6.07) is 0. The Labute approximate surface area is 87.8 Å². The molecule has 1 aromatic rings. The third kappa shape index (κ3) is 3.01. The Balaban J connectivity index is 2.64. The van der Waals surface area contributed by atoms with Crippen molar-refractivity contribution < 1.29 is 4.74 Å². The summed E-state index contributed by atoms with van der Waals surface area (Å²) in [5.74, 6) is 1.15. The standard InChI is InChI=1S/C8H13ClN4O/c1-10-8-12-5-6(9)7(13-8)11-3-4-14-2/h5H,3-4H2,1-2H3,(H2,10,11,12,13). The first-order valence-corrected chi connectivity index (χ1v) is 4.59. The molecule has 1 aromatic heterocycles. The van der Waals surface area contributed by atoms with Crippen LogP contribution in [0.25, 0.3) is 0 Å². The summed E-state index contributed by atoms with van der Waals surface area (Å²) in [5, 5.41) is 6.37. The van der Waals surface area contributed by atoms with Gasteiger partial charge in [0.15, 0.2) is 5.82 Å². The predicted octanol–water partition coefficient (Wildman–Crippen LogP) is 1.23. The van der Waals surface area contributed by atoms with Crippen LogP contribution in [0, 0.1) is 0 Å². The third-order valence-electron chi connectivity index (χ3n) is 1.57. The molecule has 1 heterocycles. The van der Waals surface area contributed by atoms with E-state index in [2.05, 4.69) is 20.6 Å². The Morgan fingerprint density at radius 3 is 3.00 bits per heavy atom. The van der Waals surface area contributed by atoms with Crippen LogP contribution in [-0.4, -0.2) is 37.3 Å². The topological polar surface area (TPSA) is 59.1 Å². The molecule has 0 unspecified atom stereocenters. The van der Waals surface area contributed by atoms with E-state index in [0.29, 0.717) is 29.9 Å². The second-order valence-electron chi connectivity index (χ2n) is 2.56. The lowest BCUT2D eigenvalue weighted by atomic mass is 10.5. The summed E-state index contributed by atoms with van der Waals surface area (Å²) >= 11 is 5.88. The Kier molecular flexibility index (Phi) is 4.42. The van der Waals surface area contributed by atoms with Gasteiger partial charge in [-0.2, -0.15) is 4.98 Å². The number of nitrogens with one attached hydrogen (secondary N) is 2. The van der Waals surface area contributed by atoms with Crippen LogP contribution >= 0.6 is 11.6 Å². The minimum atomic E-state index is 0.500. The van der Waals surface area contributed by atoms with Crippen LogP contribution < -0.4 is 10.6 Å². The van der Waals surface area contributed by atoms with Gasteiger partial charge in [0, 0.05) is 20.7 Å². The fourth-order valence-corrected chi connectivity index (χ4v) is 1.04. The molecule has 5 nitrogen and oxygen atoms in total. The molecule has 0 bridgehead atoms. The minimum absolute atomic E-state index is 0.500. The quantitative estimate of drug-likeness (QED) is 0.725. The van der Waals surface area contributed by atoms with Crippen molar-refractivity contribution >= 4 is 23.4 Å². The normalized spacial score (nSPS) is 9.93. The maximum Gasteiger partial charge on any atom is 0.224 e. The van der Waals surface area contributed by atoms with Crippen LogP contribution in [0.4, 0.5) is 11.8 Å². The van der Waals surface area contributed by atoms with E-state index in [4.69, 9.17) is 16.3 Å². The number of nitrogens with zero attached hydrogens (tertiary/aromatic N) is 2. The molecular weight excluding hydrogens is 204 g/mol. The first-order valence-electron chi connectivity index (χ1n) is 4.21. The van der Waals surface area contributed by atoms with Gasteiger partial charge in [0.1, 0.15) is 5.02 Å². The fraction of sp³-hybridized carbons (Fsp3) is 0.500. The molecule has 14 heavy (non-hydrogen) atoms. The highest BCUT2D eigenvalue weighted by atomic mass is 35.5. The van der Waals surface area contributed by atoms with Gasteiger partial charge in [-0.15, -0.1) is 0 Å². The molecular formula is C8H13ClN4O. The maximum atomic E-state index is 5.88. The second kappa shape index (κ2) is 5.62. The highest BCUT2D eigenvalue weighted by molar-refractivity contribution is 6.32. The summed E-state index contributed by atoms with van der Waals surface area (Å²) in [7, 11) is 3.39. The minimum Gasteiger partial charge on any atom is -0.383 e. The number of rotatable bonds is 5. The van der Waals surface area contributed by atoms with Crippen LogP contribution in [0.15, 0.2) is 6.20 Å². The van der Waals surface area contributed by atoms with E-state index in [1.165, 1.54) is 0 Å². The third-order valence-corrected chi connectivity index (χ3v) is 1.84. The monoisotopic (exact) mass is 216 g/mol. The number of hydrogen-bond donors (Lipinski definition) is 2. The summed E-state index contributed by atoms with van der Waals surface area (Å²) < 4.78 is 4.90. The summed E-state index contributed by atoms with van der Waals surface area (Å²) in [4.78, 5) is 8.10.